The van der Waals surface area contributed by atoms with E-state index in [1.807, 2.05) is 18.8 Å². The number of rotatable bonds is 2. The summed E-state index contributed by atoms with van der Waals surface area (Å²) in [7, 11) is 1.99. The van der Waals surface area contributed by atoms with Crippen LogP contribution in [0.3, 0.4) is 0 Å². The van der Waals surface area contributed by atoms with E-state index >= 15 is 0 Å². The minimum absolute atomic E-state index is 0.264. The second-order valence-corrected chi connectivity index (χ2v) is 5.72. The van der Waals surface area contributed by atoms with E-state index in [-0.39, 0.29) is 5.25 Å². The Balaban J connectivity index is 1.88. The molecule has 15 heavy (non-hydrogen) atoms. The number of thioether (sulfide) groups is 1. The molecule has 0 aromatic rings. The lowest BCUT2D eigenvalue weighted by Crippen LogP contribution is -2.49. The highest BCUT2D eigenvalue weighted by atomic mass is 32.2. The van der Waals surface area contributed by atoms with Crippen molar-refractivity contribution in [1.29, 1.82) is 0 Å². The van der Waals surface area contributed by atoms with Gasteiger partial charge in [0, 0.05) is 19.1 Å². The first kappa shape index (κ1) is 11.3. The second kappa shape index (κ2) is 5.21. The van der Waals surface area contributed by atoms with E-state index in [0.29, 0.717) is 11.9 Å². The molecule has 0 radical (unpaired) electrons. The highest BCUT2D eigenvalue weighted by molar-refractivity contribution is 8.00. The van der Waals surface area contributed by atoms with Crippen LogP contribution in [0.15, 0.2) is 0 Å². The van der Waals surface area contributed by atoms with Crippen molar-refractivity contribution in [3.05, 3.63) is 0 Å². The standard InChI is InChI=1S/C11H20N2OS/c1-12-9-4-2-6-13(8-9)11(14)10-5-3-7-15-10/h9-10,12H,2-8H2,1H3. The van der Waals surface area contributed by atoms with Crippen LogP contribution in [0.2, 0.25) is 0 Å². The molecule has 2 unspecified atom stereocenters. The zero-order valence-corrected chi connectivity index (χ0v) is 10.2. The predicted octanol–water partition coefficient (Wildman–Crippen LogP) is 1.09. The largest absolute Gasteiger partial charge is 0.340 e. The maximum absolute atomic E-state index is 12.1. The minimum atomic E-state index is 0.264. The molecule has 1 N–H and O–H groups in total. The molecule has 2 heterocycles. The van der Waals surface area contributed by atoms with E-state index in [2.05, 4.69) is 10.2 Å². The first-order valence-corrected chi connectivity index (χ1v) is 6.94. The zero-order chi connectivity index (χ0) is 10.7. The third-order valence-corrected chi connectivity index (χ3v) is 4.71. The lowest BCUT2D eigenvalue weighted by molar-refractivity contribution is -0.131. The molecule has 4 heteroatoms. The van der Waals surface area contributed by atoms with Gasteiger partial charge in [0.2, 0.25) is 5.91 Å². The van der Waals surface area contributed by atoms with Crippen LogP contribution in [0.1, 0.15) is 25.7 Å². The Hall–Kier alpha value is -0.220. The van der Waals surface area contributed by atoms with Gasteiger partial charge in [-0.3, -0.25) is 4.79 Å². The van der Waals surface area contributed by atoms with Crippen molar-refractivity contribution < 1.29 is 4.79 Å². The van der Waals surface area contributed by atoms with Crippen molar-refractivity contribution in [2.24, 2.45) is 0 Å². The smallest absolute Gasteiger partial charge is 0.235 e. The van der Waals surface area contributed by atoms with Crippen LogP contribution in [0.5, 0.6) is 0 Å². The van der Waals surface area contributed by atoms with E-state index in [4.69, 9.17) is 0 Å². The lowest BCUT2D eigenvalue weighted by atomic mass is 10.1. The number of piperidine rings is 1. The normalized spacial score (nSPS) is 31.9. The Morgan fingerprint density at radius 2 is 2.27 bits per heavy atom. The number of hydrogen-bond donors (Lipinski definition) is 1. The molecule has 2 aliphatic heterocycles. The third kappa shape index (κ3) is 2.67. The SMILES string of the molecule is CNC1CCCN(C(=O)C2CCCS2)C1. The van der Waals surface area contributed by atoms with E-state index in [0.717, 1.165) is 25.9 Å². The van der Waals surface area contributed by atoms with E-state index in [1.54, 1.807) is 0 Å². The zero-order valence-electron chi connectivity index (χ0n) is 9.37. The number of likely N-dealkylation sites (N-methyl/N-ethyl adjacent to an activating group) is 1. The quantitative estimate of drug-likeness (QED) is 0.768. The second-order valence-electron chi connectivity index (χ2n) is 4.41. The maximum Gasteiger partial charge on any atom is 0.235 e. The van der Waals surface area contributed by atoms with Crippen LogP contribution in [0.4, 0.5) is 0 Å². The van der Waals surface area contributed by atoms with Crippen molar-refractivity contribution in [2.75, 3.05) is 25.9 Å². The number of nitrogens with one attached hydrogen (secondary N) is 1. The maximum atomic E-state index is 12.1. The van der Waals surface area contributed by atoms with Crippen LogP contribution < -0.4 is 5.32 Å². The van der Waals surface area contributed by atoms with E-state index < -0.39 is 0 Å². The Labute approximate surface area is 96.0 Å². The molecule has 0 spiro atoms. The van der Waals surface area contributed by atoms with Crippen molar-refractivity contribution in [2.45, 2.75) is 37.0 Å². The summed E-state index contributed by atoms with van der Waals surface area (Å²) in [5.74, 6) is 1.55. The highest BCUT2D eigenvalue weighted by Crippen LogP contribution is 2.28. The molecule has 0 bridgehead atoms. The van der Waals surface area contributed by atoms with Crippen LogP contribution in [0, 0.1) is 0 Å². The van der Waals surface area contributed by atoms with Gasteiger partial charge in [0.15, 0.2) is 0 Å². The highest BCUT2D eigenvalue weighted by Gasteiger charge is 2.30. The third-order valence-electron chi connectivity index (χ3n) is 3.35. The summed E-state index contributed by atoms with van der Waals surface area (Å²) in [6, 6.07) is 0.508. The van der Waals surface area contributed by atoms with Gasteiger partial charge < -0.3 is 10.2 Å². The van der Waals surface area contributed by atoms with Gasteiger partial charge >= 0.3 is 0 Å². The number of nitrogens with zero attached hydrogens (tertiary/aromatic N) is 1. The molecule has 2 saturated heterocycles. The molecule has 2 rings (SSSR count). The number of likely N-dealkylation sites (tertiary alicyclic amines) is 1. The van der Waals surface area contributed by atoms with Crippen molar-refractivity contribution in [3.63, 3.8) is 0 Å². The molecule has 3 nitrogen and oxygen atoms in total. The summed E-state index contributed by atoms with van der Waals surface area (Å²) in [5.41, 5.74) is 0. The van der Waals surface area contributed by atoms with Gasteiger partial charge in [-0.05, 0) is 38.5 Å². The van der Waals surface area contributed by atoms with Gasteiger partial charge in [0.05, 0.1) is 5.25 Å². The first-order chi connectivity index (χ1) is 7.31. The lowest BCUT2D eigenvalue weighted by Gasteiger charge is -2.34. The molecule has 2 atom stereocenters. The van der Waals surface area contributed by atoms with Crippen LogP contribution >= 0.6 is 11.8 Å². The first-order valence-electron chi connectivity index (χ1n) is 5.89. The minimum Gasteiger partial charge on any atom is -0.340 e. The van der Waals surface area contributed by atoms with Crippen LogP contribution in [-0.2, 0) is 4.79 Å². The van der Waals surface area contributed by atoms with E-state index in [9.17, 15) is 4.79 Å². The molecule has 0 aromatic heterocycles. The number of amides is 1. The summed E-state index contributed by atoms with van der Waals surface area (Å²) in [4.78, 5) is 14.2. The van der Waals surface area contributed by atoms with Gasteiger partial charge in [-0.1, -0.05) is 0 Å². The van der Waals surface area contributed by atoms with Crippen molar-refractivity contribution in [1.82, 2.24) is 10.2 Å². The Kier molecular flexibility index (Phi) is 3.92. The predicted molar refractivity (Wildman–Crippen MR) is 64.1 cm³/mol. The number of carbonyl (C=O) groups excluding carboxylic acids is 1. The molecule has 0 aromatic carbocycles. The van der Waals surface area contributed by atoms with Gasteiger partial charge in [-0.2, -0.15) is 0 Å². The van der Waals surface area contributed by atoms with Gasteiger partial charge in [0.25, 0.3) is 0 Å². The van der Waals surface area contributed by atoms with Gasteiger partial charge in [-0.15, -0.1) is 11.8 Å². The fourth-order valence-electron chi connectivity index (χ4n) is 2.39. The van der Waals surface area contributed by atoms with Gasteiger partial charge in [-0.25, -0.2) is 0 Å². The molecular formula is C11H20N2OS. The molecule has 1 amide bonds. The topological polar surface area (TPSA) is 32.3 Å². The van der Waals surface area contributed by atoms with Crippen molar-refractivity contribution in [3.8, 4) is 0 Å². The summed E-state index contributed by atoms with van der Waals surface area (Å²) in [6.07, 6.45) is 4.65. The monoisotopic (exact) mass is 228 g/mol. The fraction of sp³-hybridized carbons (Fsp3) is 0.909. The summed E-state index contributed by atoms with van der Waals surface area (Å²) in [6.45, 7) is 1.88. The van der Waals surface area contributed by atoms with Gasteiger partial charge in [0.1, 0.15) is 0 Å². The van der Waals surface area contributed by atoms with Crippen LogP contribution in [0.25, 0.3) is 0 Å². The molecule has 0 saturated carbocycles. The average Bonchev–Trinajstić information content (AvgIpc) is 2.81. The Bertz CT molecular complexity index is 229. The Morgan fingerprint density at radius 1 is 1.40 bits per heavy atom. The Morgan fingerprint density at radius 3 is 2.93 bits per heavy atom. The summed E-state index contributed by atoms with van der Waals surface area (Å²) in [5, 5.41) is 3.54. The van der Waals surface area contributed by atoms with Crippen molar-refractivity contribution >= 4 is 17.7 Å². The van der Waals surface area contributed by atoms with E-state index in [1.165, 1.54) is 18.6 Å². The number of carbonyl (C=O) groups is 1. The molecule has 2 fully saturated rings. The number of hydrogen-bond acceptors (Lipinski definition) is 3. The summed E-state index contributed by atoms with van der Waals surface area (Å²) < 4.78 is 0. The molecule has 2 aliphatic rings. The summed E-state index contributed by atoms with van der Waals surface area (Å²) >= 11 is 1.84. The molecule has 0 aliphatic carbocycles. The van der Waals surface area contributed by atoms with Crippen LogP contribution in [-0.4, -0.2) is 48.0 Å². The fourth-order valence-corrected chi connectivity index (χ4v) is 3.63. The molecular weight excluding hydrogens is 208 g/mol. The molecule has 86 valence electrons. The average molecular weight is 228 g/mol.